The van der Waals surface area contributed by atoms with E-state index in [9.17, 15) is 0 Å². The highest BCUT2D eigenvalue weighted by Crippen LogP contribution is 2.18. The summed E-state index contributed by atoms with van der Waals surface area (Å²) < 4.78 is 0. The second kappa shape index (κ2) is 5.44. The molecule has 0 radical (unpaired) electrons. The Morgan fingerprint density at radius 3 is 2.57 bits per heavy atom. The lowest BCUT2D eigenvalue weighted by atomic mass is 10.3. The van der Waals surface area contributed by atoms with Crippen LogP contribution in [-0.2, 0) is 6.54 Å². The number of aryl methyl sites for hydroxylation is 2. The summed E-state index contributed by atoms with van der Waals surface area (Å²) in [5.41, 5.74) is 6.72. The predicted molar refractivity (Wildman–Crippen MR) is 61.6 cm³/mol. The predicted octanol–water partition coefficient (Wildman–Crippen LogP) is 1.54. The molecule has 0 aliphatic carbocycles. The van der Waals surface area contributed by atoms with Crippen molar-refractivity contribution in [3.63, 3.8) is 0 Å². The van der Waals surface area contributed by atoms with Crippen LogP contribution in [0.2, 0.25) is 0 Å². The maximum absolute atomic E-state index is 5.55. The van der Waals surface area contributed by atoms with Crippen LogP contribution in [-0.4, -0.2) is 29.5 Å². The fraction of sp³-hybridized carbons (Fsp3) is 0.700. The molecule has 1 aromatic rings. The number of nitrogens with zero attached hydrogens (tertiary/aromatic N) is 2. The molecule has 0 fully saturated rings. The van der Waals surface area contributed by atoms with Gasteiger partial charge in [0.05, 0.1) is 10.7 Å². The standard InChI is InChI=1S/C10H19N3S/c1-4-13(6-5-11)7-10-8(2)12-9(3)14-10/h4-7,11H2,1-3H3. The van der Waals surface area contributed by atoms with Gasteiger partial charge in [-0.3, -0.25) is 4.90 Å². The summed E-state index contributed by atoms with van der Waals surface area (Å²) in [5.74, 6) is 0. The molecule has 1 rings (SSSR count). The van der Waals surface area contributed by atoms with Gasteiger partial charge in [0.25, 0.3) is 0 Å². The summed E-state index contributed by atoms with van der Waals surface area (Å²) in [4.78, 5) is 8.14. The largest absolute Gasteiger partial charge is 0.329 e. The third-order valence-electron chi connectivity index (χ3n) is 2.26. The number of hydrogen-bond acceptors (Lipinski definition) is 4. The number of rotatable bonds is 5. The van der Waals surface area contributed by atoms with E-state index >= 15 is 0 Å². The van der Waals surface area contributed by atoms with Crippen molar-refractivity contribution in [1.29, 1.82) is 0 Å². The van der Waals surface area contributed by atoms with Crippen molar-refractivity contribution in [3.05, 3.63) is 15.6 Å². The number of nitrogens with two attached hydrogens (primary N) is 1. The summed E-state index contributed by atoms with van der Waals surface area (Å²) in [6.45, 7) is 10.0. The van der Waals surface area contributed by atoms with Crippen LogP contribution in [0.1, 0.15) is 22.5 Å². The Hall–Kier alpha value is -0.450. The minimum absolute atomic E-state index is 0.727. The van der Waals surface area contributed by atoms with Crippen molar-refractivity contribution in [2.75, 3.05) is 19.6 Å². The number of aromatic nitrogens is 1. The molecule has 1 heterocycles. The number of hydrogen-bond donors (Lipinski definition) is 1. The van der Waals surface area contributed by atoms with Crippen LogP contribution in [0.3, 0.4) is 0 Å². The van der Waals surface area contributed by atoms with Gasteiger partial charge in [-0.2, -0.15) is 0 Å². The van der Waals surface area contributed by atoms with E-state index in [1.54, 1.807) is 11.3 Å². The van der Waals surface area contributed by atoms with E-state index in [1.807, 2.05) is 0 Å². The van der Waals surface area contributed by atoms with Crippen LogP contribution in [0.4, 0.5) is 0 Å². The maximum Gasteiger partial charge on any atom is 0.0900 e. The zero-order valence-electron chi connectivity index (χ0n) is 9.21. The number of likely N-dealkylation sites (N-methyl/N-ethyl adjacent to an activating group) is 1. The Labute approximate surface area is 89.9 Å². The van der Waals surface area contributed by atoms with Crippen LogP contribution in [0.15, 0.2) is 0 Å². The molecule has 1 aromatic heterocycles. The number of thiazole rings is 1. The van der Waals surface area contributed by atoms with Gasteiger partial charge >= 0.3 is 0 Å². The first-order valence-electron chi connectivity index (χ1n) is 5.02. The zero-order valence-corrected chi connectivity index (χ0v) is 10.0. The Morgan fingerprint density at radius 1 is 1.43 bits per heavy atom. The molecule has 0 saturated carbocycles. The molecular weight excluding hydrogens is 194 g/mol. The zero-order chi connectivity index (χ0) is 10.6. The third-order valence-corrected chi connectivity index (χ3v) is 3.32. The highest BCUT2D eigenvalue weighted by Gasteiger charge is 2.08. The summed E-state index contributed by atoms with van der Waals surface area (Å²) in [6, 6.07) is 0. The molecule has 0 atom stereocenters. The van der Waals surface area contributed by atoms with Crippen LogP contribution in [0.5, 0.6) is 0 Å². The van der Waals surface area contributed by atoms with Gasteiger partial charge in [0.15, 0.2) is 0 Å². The van der Waals surface area contributed by atoms with E-state index in [-0.39, 0.29) is 0 Å². The van der Waals surface area contributed by atoms with Crippen molar-refractivity contribution in [2.45, 2.75) is 27.3 Å². The molecule has 0 bridgehead atoms. The molecule has 0 spiro atoms. The summed E-state index contributed by atoms with van der Waals surface area (Å²) in [6.07, 6.45) is 0. The lowest BCUT2D eigenvalue weighted by Gasteiger charge is -2.18. The molecule has 14 heavy (non-hydrogen) atoms. The summed E-state index contributed by atoms with van der Waals surface area (Å²) >= 11 is 1.79. The first-order valence-corrected chi connectivity index (χ1v) is 5.84. The third kappa shape index (κ3) is 3.04. The van der Waals surface area contributed by atoms with Crippen molar-refractivity contribution >= 4 is 11.3 Å². The van der Waals surface area contributed by atoms with E-state index < -0.39 is 0 Å². The van der Waals surface area contributed by atoms with E-state index in [4.69, 9.17) is 5.73 Å². The average Bonchev–Trinajstić information content (AvgIpc) is 2.44. The molecule has 80 valence electrons. The summed E-state index contributed by atoms with van der Waals surface area (Å²) in [5, 5.41) is 1.15. The fourth-order valence-electron chi connectivity index (χ4n) is 1.45. The van der Waals surface area contributed by atoms with E-state index in [1.165, 1.54) is 10.6 Å². The highest BCUT2D eigenvalue weighted by atomic mass is 32.1. The molecule has 0 unspecified atom stereocenters. The van der Waals surface area contributed by atoms with Gasteiger partial charge in [0.2, 0.25) is 0 Å². The second-order valence-corrected chi connectivity index (χ2v) is 4.69. The van der Waals surface area contributed by atoms with Crippen LogP contribution >= 0.6 is 11.3 Å². The van der Waals surface area contributed by atoms with Gasteiger partial charge in [-0.25, -0.2) is 4.98 Å². The van der Waals surface area contributed by atoms with Crippen LogP contribution in [0.25, 0.3) is 0 Å². The van der Waals surface area contributed by atoms with Crippen LogP contribution < -0.4 is 5.73 Å². The minimum Gasteiger partial charge on any atom is -0.329 e. The Kier molecular flexibility index (Phi) is 4.51. The van der Waals surface area contributed by atoms with Crippen LogP contribution in [0, 0.1) is 13.8 Å². The van der Waals surface area contributed by atoms with Gasteiger partial charge in [-0.05, 0) is 20.4 Å². The average molecular weight is 213 g/mol. The molecule has 2 N–H and O–H groups in total. The smallest absolute Gasteiger partial charge is 0.0900 e. The maximum atomic E-state index is 5.55. The van der Waals surface area contributed by atoms with Gasteiger partial charge in [-0.15, -0.1) is 11.3 Å². The van der Waals surface area contributed by atoms with E-state index in [0.717, 1.165) is 31.2 Å². The quantitative estimate of drug-likeness (QED) is 0.807. The topological polar surface area (TPSA) is 42.1 Å². The molecule has 0 aliphatic heterocycles. The van der Waals surface area contributed by atoms with E-state index in [0.29, 0.717) is 0 Å². The SMILES string of the molecule is CCN(CCN)Cc1sc(C)nc1C. The lowest BCUT2D eigenvalue weighted by molar-refractivity contribution is 0.290. The summed E-state index contributed by atoms with van der Waals surface area (Å²) in [7, 11) is 0. The normalized spacial score (nSPS) is 11.2. The molecule has 0 amide bonds. The van der Waals surface area contributed by atoms with Gasteiger partial charge < -0.3 is 5.73 Å². The molecule has 0 aliphatic rings. The van der Waals surface area contributed by atoms with Crippen molar-refractivity contribution in [1.82, 2.24) is 9.88 Å². The monoisotopic (exact) mass is 213 g/mol. The van der Waals surface area contributed by atoms with E-state index in [2.05, 4.69) is 30.7 Å². The van der Waals surface area contributed by atoms with Crippen molar-refractivity contribution < 1.29 is 0 Å². The van der Waals surface area contributed by atoms with Crippen molar-refractivity contribution in [3.8, 4) is 0 Å². The Balaban J connectivity index is 2.61. The minimum atomic E-state index is 0.727. The molecule has 0 aromatic carbocycles. The molecule has 3 nitrogen and oxygen atoms in total. The Morgan fingerprint density at radius 2 is 2.14 bits per heavy atom. The van der Waals surface area contributed by atoms with Gasteiger partial charge in [0, 0.05) is 24.5 Å². The fourth-order valence-corrected chi connectivity index (χ4v) is 2.43. The first-order chi connectivity index (χ1) is 6.67. The van der Waals surface area contributed by atoms with Crippen molar-refractivity contribution in [2.24, 2.45) is 5.73 Å². The first kappa shape index (κ1) is 11.6. The Bertz CT molecular complexity index is 283. The molecule has 0 saturated heterocycles. The van der Waals surface area contributed by atoms with Gasteiger partial charge in [-0.1, -0.05) is 6.92 Å². The highest BCUT2D eigenvalue weighted by molar-refractivity contribution is 7.11. The molecule has 4 heteroatoms. The molecular formula is C10H19N3S. The second-order valence-electron chi connectivity index (χ2n) is 3.40. The van der Waals surface area contributed by atoms with Gasteiger partial charge in [0.1, 0.15) is 0 Å². The lowest BCUT2D eigenvalue weighted by Crippen LogP contribution is -2.28.